The van der Waals surface area contributed by atoms with Crippen LogP contribution in [-0.4, -0.2) is 27.0 Å². The van der Waals surface area contributed by atoms with E-state index in [9.17, 15) is 4.79 Å². The highest BCUT2D eigenvalue weighted by molar-refractivity contribution is 7.71. The summed E-state index contributed by atoms with van der Waals surface area (Å²) in [4.78, 5) is 18.6. The Morgan fingerprint density at radius 1 is 1.56 bits per heavy atom. The van der Waals surface area contributed by atoms with Crippen molar-refractivity contribution in [1.82, 2.24) is 19.9 Å². The van der Waals surface area contributed by atoms with Gasteiger partial charge in [0, 0.05) is 19.2 Å². The zero-order chi connectivity index (χ0) is 11.1. The van der Waals surface area contributed by atoms with Crippen molar-refractivity contribution in [3.63, 3.8) is 0 Å². The van der Waals surface area contributed by atoms with Crippen molar-refractivity contribution < 1.29 is 4.79 Å². The van der Waals surface area contributed by atoms with Crippen LogP contribution >= 0.6 is 12.2 Å². The van der Waals surface area contributed by atoms with Crippen LogP contribution in [0.15, 0.2) is 18.3 Å². The van der Waals surface area contributed by atoms with Crippen LogP contribution in [0.1, 0.15) is 12.5 Å². The van der Waals surface area contributed by atoms with Gasteiger partial charge in [-0.2, -0.15) is 0 Å². The summed E-state index contributed by atoms with van der Waals surface area (Å²) in [6, 6.07) is 3.86. The molecular weight excluding hydrogens is 224 g/mol. The third-order valence-corrected chi connectivity index (χ3v) is 3.10. The summed E-state index contributed by atoms with van der Waals surface area (Å²) < 4.78 is 2.54. The van der Waals surface area contributed by atoms with Crippen molar-refractivity contribution in [2.45, 2.75) is 12.5 Å². The van der Waals surface area contributed by atoms with Gasteiger partial charge in [0.1, 0.15) is 0 Å². The Morgan fingerprint density at radius 3 is 3.19 bits per heavy atom. The normalized spacial score (nSPS) is 20.2. The van der Waals surface area contributed by atoms with Crippen molar-refractivity contribution in [2.24, 2.45) is 0 Å². The fraction of sp³-hybridized carbons (Fsp3) is 0.300. The minimum Gasteiger partial charge on any atom is -0.354 e. The predicted molar refractivity (Wildman–Crippen MR) is 61.6 cm³/mol. The average molecular weight is 234 g/mol. The summed E-state index contributed by atoms with van der Waals surface area (Å²) in [5, 5.41) is 2.80. The van der Waals surface area contributed by atoms with Gasteiger partial charge in [-0.15, -0.1) is 0 Å². The number of aromatic amines is 1. The van der Waals surface area contributed by atoms with Crippen LogP contribution in [0.4, 0.5) is 0 Å². The number of carbonyl (C=O) groups excluding carboxylic acids is 1. The standard InChI is InChI=1S/C10H10N4OS/c15-8-4-6(5-12-8)14-9-7(13-10(14)16)2-1-3-11-9/h1-3,6H,4-5H2,(H,12,15)(H,13,16). The van der Waals surface area contributed by atoms with E-state index < -0.39 is 0 Å². The van der Waals surface area contributed by atoms with E-state index in [4.69, 9.17) is 12.2 Å². The zero-order valence-corrected chi connectivity index (χ0v) is 9.25. The van der Waals surface area contributed by atoms with Crippen molar-refractivity contribution in [1.29, 1.82) is 0 Å². The van der Waals surface area contributed by atoms with Crippen LogP contribution < -0.4 is 5.32 Å². The summed E-state index contributed by atoms with van der Waals surface area (Å²) in [5.74, 6) is 0.0668. The van der Waals surface area contributed by atoms with Gasteiger partial charge in [-0.1, -0.05) is 0 Å². The topological polar surface area (TPSA) is 62.7 Å². The highest BCUT2D eigenvalue weighted by Crippen LogP contribution is 2.21. The Bertz CT molecular complexity index is 615. The van der Waals surface area contributed by atoms with E-state index >= 15 is 0 Å². The molecule has 3 rings (SSSR count). The van der Waals surface area contributed by atoms with E-state index in [1.54, 1.807) is 6.20 Å². The molecule has 0 aromatic carbocycles. The number of fused-ring (bicyclic) bond motifs is 1. The number of hydrogen-bond donors (Lipinski definition) is 2. The Morgan fingerprint density at radius 2 is 2.44 bits per heavy atom. The lowest BCUT2D eigenvalue weighted by molar-refractivity contribution is -0.119. The lowest BCUT2D eigenvalue weighted by Crippen LogP contribution is -2.15. The van der Waals surface area contributed by atoms with Crippen molar-refractivity contribution in [3.05, 3.63) is 23.1 Å². The van der Waals surface area contributed by atoms with E-state index in [1.165, 1.54) is 0 Å². The van der Waals surface area contributed by atoms with Gasteiger partial charge < -0.3 is 10.3 Å². The fourth-order valence-corrected chi connectivity index (χ4v) is 2.41. The SMILES string of the molecule is O=C1CC(n2c(=S)[nH]c3cccnc32)CN1. The maximum atomic E-state index is 11.2. The molecule has 1 aliphatic heterocycles. The van der Waals surface area contributed by atoms with Gasteiger partial charge in [-0.3, -0.25) is 9.36 Å². The Kier molecular flexibility index (Phi) is 2.03. The van der Waals surface area contributed by atoms with Crippen LogP contribution in [0.2, 0.25) is 0 Å². The number of carbonyl (C=O) groups is 1. The van der Waals surface area contributed by atoms with E-state index in [-0.39, 0.29) is 11.9 Å². The molecule has 1 atom stereocenters. The summed E-state index contributed by atoms with van der Waals surface area (Å²) >= 11 is 5.26. The molecule has 6 heteroatoms. The van der Waals surface area contributed by atoms with Crippen molar-refractivity contribution in [3.8, 4) is 0 Å². The van der Waals surface area contributed by atoms with Gasteiger partial charge in [0.15, 0.2) is 10.4 Å². The predicted octanol–water partition coefficient (Wildman–Crippen LogP) is 1.15. The number of amides is 1. The smallest absolute Gasteiger partial charge is 0.222 e. The number of H-pyrrole nitrogens is 1. The second-order valence-electron chi connectivity index (χ2n) is 3.84. The quantitative estimate of drug-likeness (QED) is 0.728. The molecule has 0 aliphatic carbocycles. The van der Waals surface area contributed by atoms with Gasteiger partial charge in [0.25, 0.3) is 0 Å². The number of rotatable bonds is 1. The fourth-order valence-electron chi connectivity index (χ4n) is 2.07. The number of pyridine rings is 1. The Balaban J connectivity index is 2.19. The summed E-state index contributed by atoms with van der Waals surface area (Å²) in [6.45, 7) is 0.622. The molecule has 1 unspecified atom stereocenters. The van der Waals surface area contributed by atoms with Gasteiger partial charge in [-0.05, 0) is 24.4 Å². The molecule has 1 aliphatic rings. The van der Waals surface area contributed by atoms with Gasteiger partial charge in [0.2, 0.25) is 5.91 Å². The summed E-state index contributed by atoms with van der Waals surface area (Å²) in [7, 11) is 0. The molecule has 0 saturated carbocycles. The number of nitrogens with one attached hydrogen (secondary N) is 2. The molecule has 0 radical (unpaired) electrons. The Hall–Kier alpha value is -1.69. The lowest BCUT2D eigenvalue weighted by Gasteiger charge is -2.09. The molecular formula is C10H10N4OS. The molecule has 1 amide bonds. The van der Waals surface area contributed by atoms with Gasteiger partial charge >= 0.3 is 0 Å². The summed E-state index contributed by atoms with van der Waals surface area (Å²) in [6.07, 6.45) is 2.20. The van der Waals surface area contributed by atoms with E-state index in [0.29, 0.717) is 17.7 Å². The monoisotopic (exact) mass is 234 g/mol. The van der Waals surface area contributed by atoms with Crippen LogP contribution in [0, 0.1) is 4.77 Å². The molecule has 1 fully saturated rings. The number of nitrogens with zero attached hydrogens (tertiary/aromatic N) is 2. The number of aromatic nitrogens is 3. The maximum absolute atomic E-state index is 11.2. The Labute approximate surface area is 96.5 Å². The van der Waals surface area contributed by atoms with E-state index in [0.717, 1.165) is 11.2 Å². The van der Waals surface area contributed by atoms with Crippen LogP contribution in [0.3, 0.4) is 0 Å². The lowest BCUT2D eigenvalue weighted by atomic mass is 10.2. The van der Waals surface area contributed by atoms with E-state index in [1.807, 2.05) is 16.7 Å². The first kappa shape index (κ1) is 9.53. The van der Waals surface area contributed by atoms with Crippen molar-refractivity contribution >= 4 is 29.3 Å². The minimum atomic E-state index is 0.0668. The molecule has 16 heavy (non-hydrogen) atoms. The second-order valence-corrected chi connectivity index (χ2v) is 4.22. The zero-order valence-electron chi connectivity index (χ0n) is 8.43. The molecule has 2 aromatic rings. The first-order valence-corrected chi connectivity index (χ1v) is 5.48. The third-order valence-electron chi connectivity index (χ3n) is 2.80. The third kappa shape index (κ3) is 1.34. The van der Waals surface area contributed by atoms with Gasteiger partial charge in [-0.25, -0.2) is 4.98 Å². The van der Waals surface area contributed by atoms with Gasteiger partial charge in [0.05, 0.1) is 11.6 Å². The average Bonchev–Trinajstić information content (AvgIpc) is 2.80. The minimum absolute atomic E-state index is 0.0668. The molecule has 0 bridgehead atoms. The first-order chi connectivity index (χ1) is 7.75. The largest absolute Gasteiger partial charge is 0.354 e. The van der Waals surface area contributed by atoms with Crippen molar-refractivity contribution in [2.75, 3.05) is 6.54 Å². The highest BCUT2D eigenvalue weighted by atomic mass is 32.1. The molecule has 5 nitrogen and oxygen atoms in total. The molecule has 82 valence electrons. The number of imidazole rings is 1. The first-order valence-electron chi connectivity index (χ1n) is 5.07. The number of hydrogen-bond acceptors (Lipinski definition) is 3. The summed E-state index contributed by atoms with van der Waals surface area (Å²) in [5.41, 5.74) is 1.72. The highest BCUT2D eigenvalue weighted by Gasteiger charge is 2.25. The molecule has 2 N–H and O–H groups in total. The van der Waals surface area contributed by atoms with Crippen LogP contribution in [0.25, 0.3) is 11.2 Å². The van der Waals surface area contributed by atoms with E-state index in [2.05, 4.69) is 15.3 Å². The maximum Gasteiger partial charge on any atom is 0.222 e. The second kappa shape index (κ2) is 3.41. The molecule has 2 aromatic heterocycles. The van der Waals surface area contributed by atoms with Crippen LogP contribution in [-0.2, 0) is 4.79 Å². The molecule has 3 heterocycles. The van der Waals surface area contributed by atoms with Crippen LogP contribution in [0.5, 0.6) is 0 Å². The molecule has 1 saturated heterocycles. The molecule has 0 spiro atoms.